The van der Waals surface area contributed by atoms with Gasteiger partial charge in [0.25, 0.3) is 5.91 Å². The van der Waals surface area contributed by atoms with E-state index in [2.05, 4.69) is 5.32 Å². The average molecular weight is 275 g/mol. The summed E-state index contributed by atoms with van der Waals surface area (Å²) in [5.74, 6) is -0.568. The average Bonchev–Trinajstić information content (AvgIpc) is 2.47. The molecule has 2 aromatic carbocycles. The molecule has 2 aromatic rings. The molecule has 0 heterocycles. The minimum Gasteiger partial charge on any atom is -0.396 e. The number of fused-ring (bicyclic) bond motifs is 1. The Labute approximate surface area is 117 Å². The first-order valence-electron chi connectivity index (χ1n) is 6.76. The fraction of sp³-hybridized carbons (Fsp3) is 0.312. The van der Waals surface area contributed by atoms with Crippen molar-refractivity contribution in [3.05, 3.63) is 47.8 Å². The molecule has 0 bridgehead atoms. The highest BCUT2D eigenvalue weighted by Gasteiger charge is 2.15. The quantitative estimate of drug-likeness (QED) is 0.881. The largest absolute Gasteiger partial charge is 0.396 e. The van der Waals surface area contributed by atoms with Gasteiger partial charge >= 0.3 is 0 Å². The highest BCUT2D eigenvalue weighted by molar-refractivity contribution is 6.07. The van der Waals surface area contributed by atoms with Gasteiger partial charge in [0.2, 0.25) is 0 Å². The molecular formula is C16H18FNO2. The molecular weight excluding hydrogens is 257 g/mol. The minimum absolute atomic E-state index is 0.0307. The molecule has 20 heavy (non-hydrogen) atoms. The molecule has 1 unspecified atom stereocenters. The van der Waals surface area contributed by atoms with Gasteiger partial charge in [0.1, 0.15) is 5.82 Å². The van der Waals surface area contributed by atoms with Crippen LogP contribution in [0.5, 0.6) is 0 Å². The molecule has 0 aliphatic carbocycles. The molecule has 2 N–H and O–H groups in total. The standard InChI is InChI=1S/C16H18FNO2/c1-2-11(9-10-19)18-16(20)14-7-8-15(17)13-6-4-3-5-12(13)14/h3-8,11,19H,2,9-10H2,1H3,(H,18,20). The molecule has 0 saturated carbocycles. The van der Waals surface area contributed by atoms with Crippen LogP contribution in [0.3, 0.4) is 0 Å². The maximum atomic E-state index is 13.7. The van der Waals surface area contributed by atoms with Gasteiger partial charge in [-0.2, -0.15) is 0 Å². The Morgan fingerprint density at radius 3 is 2.60 bits per heavy atom. The Morgan fingerprint density at radius 1 is 1.25 bits per heavy atom. The number of halogens is 1. The normalized spacial score (nSPS) is 12.3. The van der Waals surface area contributed by atoms with Crippen LogP contribution in [0.4, 0.5) is 4.39 Å². The fourth-order valence-electron chi connectivity index (χ4n) is 2.26. The minimum atomic E-state index is -0.334. The number of hydrogen-bond acceptors (Lipinski definition) is 2. The van der Waals surface area contributed by atoms with Crippen LogP contribution in [0.25, 0.3) is 10.8 Å². The van der Waals surface area contributed by atoms with Gasteiger partial charge in [-0.05, 0) is 30.4 Å². The lowest BCUT2D eigenvalue weighted by molar-refractivity contribution is 0.0931. The summed E-state index contributed by atoms with van der Waals surface area (Å²) in [6, 6.07) is 9.66. The number of aliphatic hydroxyl groups is 1. The van der Waals surface area contributed by atoms with E-state index in [9.17, 15) is 9.18 Å². The summed E-state index contributed by atoms with van der Waals surface area (Å²) in [6.07, 6.45) is 1.26. The van der Waals surface area contributed by atoms with Gasteiger partial charge in [-0.1, -0.05) is 31.2 Å². The van der Waals surface area contributed by atoms with Crippen molar-refractivity contribution in [2.75, 3.05) is 6.61 Å². The molecule has 1 amide bonds. The lowest BCUT2D eigenvalue weighted by Gasteiger charge is -2.16. The first-order chi connectivity index (χ1) is 9.67. The van der Waals surface area contributed by atoms with E-state index in [0.717, 1.165) is 6.42 Å². The van der Waals surface area contributed by atoms with Gasteiger partial charge in [0.05, 0.1) is 0 Å². The van der Waals surface area contributed by atoms with Crippen molar-refractivity contribution in [2.45, 2.75) is 25.8 Å². The van der Waals surface area contributed by atoms with E-state index in [1.807, 2.05) is 6.92 Å². The molecule has 0 aliphatic rings. The summed E-state index contributed by atoms with van der Waals surface area (Å²) < 4.78 is 13.7. The molecule has 0 radical (unpaired) electrons. The van der Waals surface area contributed by atoms with Gasteiger partial charge in [-0.25, -0.2) is 4.39 Å². The fourth-order valence-corrected chi connectivity index (χ4v) is 2.26. The summed E-state index contributed by atoms with van der Waals surface area (Å²) in [7, 11) is 0. The van der Waals surface area contributed by atoms with E-state index in [1.165, 1.54) is 12.1 Å². The van der Waals surface area contributed by atoms with E-state index in [0.29, 0.717) is 22.8 Å². The van der Waals surface area contributed by atoms with Crippen molar-refractivity contribution >= 4 is 16.7 Å². The van der Waals surface area contributed by atoms with Crippen LogP contribution in [-0.2, 0) is 0 Å². The van der Waals surface area contributed by atoms with E-state index in [-0.39, 0.29) is 24.4 Å². The zero-order valence-electron chi connectivity index (χ0n) is 11.4. The lowest BCUT2D eigenvalue weighted by Crippen LogP contribution is -2.35. The van der Waals surface area contributed by atoms with E-state index < -0.39 is 0 Å². The Kier molecular flexibility index (Phi) is 4.69. The third-order valence-electron chi connectivity index (χ3n) is 3.42. The lowest BCUT2D eigenvalue weighted by atomic mass is 10.0. The molecule has 3 nitrogen and oxygen atoms in total. The second-order valence-electron chi connectivity index (χ2n) is 4.73. The van der Waals surface area contributed by atoms with Gasteiger partial charge in [-0.3, -0.25) is 4.79 Å². The molecule has 0 fully saturated rings. The van der Waals surface area contributed by atoms with Crippen LogP contribution in [0.2, 0.25) is 0 Å². The molecule has 4 heteroatoms. The number of benzene rings is 2. The molecule has 0 spiro atoms. The van der Waals surface area contributed by atoms with Crippen molar-refractivity contribution in [1.82, 2.24) is 5.32 Å². The zero-order valence-corrected chi connectivity index (χ0v) is 11.4. The Balaban J connectivity index is 2.33. The van der Waals surface area contributed by atoms with Crippen LogP contribution in [0.1, 0.15) is 30.1 Å². The topological polar surface area (TPSA) is 49.3 Å². The zero-order chi connectivity index (χ0) is 14.5. The van der Waals surface area contributed by atoms with Crippen LogP contribution < -0.4 is 5.32 Å². The monoisotopic (exact) mass is 275 g/mol. The van der Waals surface area contributed by atoms with Crippen LogP contribution in [-0.4, -0.2) is 23.7 Å². The predicted octanol–water partition coefficient (Wildman–Crippen LogP) is 2.87. The van der Waals surface area contributed by atoms with Crippen LogP contribution >= 0.6 is 0 Å². The van der Waals surface area contributed by atoms with Gasteiger partial charge in [-0.15, -0.1) is 0 Å². The molecule has 0 aromatic heterocycles. The third kappa shape index (κ3) is 2.96. The van der Waals surface area contributed by atoms with E-state index >= 15 is 0 Å². The summed E-state index contributed by atoms with van der Waals surface area (Å²) >= 11 is 0. The van der Waals surface area contributed by atoms with Crippen molar-refractivity contribution in [1.29, 1.82) is 0 Å². The predicted molar refractivity (Wildman–Crippen MR) is 77.2 cm³/mol. The van der Waals surface area contributed by atoms with Crippen molar-refractivity contribution in [2.24, 2.45) is 0 Å². The molecule has 2 rings (SSSR count). The smallest absolute Gasteiger partial charge is 0.252 e. The summed E-state index contributed by atoms with van der Waals surface area (Å²) in [5, 5.41) is 12.9. The van der Waals surface area contributed by atoms with Gasteiger partial charge < -0.3 is 10.4 Å². The molecule has 106 valence electrons. The van der Waals surface area contributed by atoms with Crippen LogP contribution in [0.15, 0.2) is 36.4 Å². The number of aliphatic hydroxyl groups excluding tert-OH is 1. The van der Waals surface area contributed by atoms with E-state index in [1.54, 1.807) is 24.3 Å². The van der Waals surface area contributed by atoms with Crippen molar-refractivity contribution in [3.63, 3.8) is 0 Å². The van der Waals surface area contributed by atoms with Crippen molar-refractivity contribution < 1.29 is 14.3 Å². The van der Waals surface area contributed by atoms with Crippen LogP contribution in [0, 0.1) is 5.82 Å². The van der Waals surface area contributed by atoms with Crippen molar-refractivity contribution in [3.8, 4) is 0 Å². The maximum absolute atomic E-state index is 13.7. The Hall–Kier alpha value is -1.94. The summed E-state index contributed by atoms with van der Waals surface area (Å²) in [5.41, 5.74) is 0.457. The molecule has 1 atom stereocenters. The Morgan fingerprint density at radius 2 is 1.95 bits per heavy atom. The Bertz CT molecular complexity index is 612. The molecule has 0 saturated heterocycles. The number of carbonyl (C=O) groups is 1. The summed E-state index contributed by atoms with van der Waals surface area (Å²) in [4.78, 5) is 12.3. The second kappa shape index (κ2) is 6.48. The summed E-state index contributed by atoms with van der Waals surface area (Å²) in [6.45, 7) is 1.98. The third-order valence-corrected chi connectivity index (χ3v) is 3.42. The number of amides is 1. The first-order valence-corrected chi connectivity index (χ1v) is 6.76. The van der Waals surface area contributed by atoms with Gasteiger partial charge in [0.15, 0.2) is 0 Å². The van der Waals surface area contributed by atoms with Gasteiger partial charge in [0, 0.05) is 23.6 Å². The van der Waals surface area contributed by atoms with E-state index in [4.69, 9.17) is 5.11 Å². The highest BCUT2D eigenvalue weighted by atomic mass is 19.1. The number of carbonyl (C=O) groups excluding carboxylic acids is 1. The molecule has 0 aliphatic heterocycles. The number of rotatable bonds is 5. The highest BCUT2D eigenvalue weighted by Crippen LogP contribution is 2.22. The SMILES string of the molecule is CCC(CCO)NC(=O)c1ccc(F)c2ccccc12. The second-order valence-corrected chi connectivity index (χ2v) is 4.73. The maximum Gasteiger partial charge on any atom is 0.252 e. The number of hydrogen-bond donors (Lipinski definition) is 2. The number of nitrogens with one attached hydrogen (secondary N) is 1. The first kappa shape index (κ1) is 14.5.